The van der Waals surface area contributed by atoms with Gasteiger partial charge in [0.1, 0.15) is 0 Å². The van der Waals surface area contributed by atoms with Crippen LogP contribution in [0.15, 0.2) is 53.9 Å². The van der Waals surface area contributed by atoms with E-state index in [9.17, 15) is 0 Å². The van der Waals surface area contributed by atoms with Crippen molar-refractivity contribution in [3.8, 4) is 0 Å². The third-order valence-electron chi connectivity index (χ3n) is 8.45. The maximum Gasteiger partial charge on any atom is 0.250 e. The van der Waals surface area contributed by atoms with Crippen LogP contribution in [-0.2, 0) is 8.85 Å². The monoisotopic (exact) mass is 497 g/mol. The molecule has 0 bridgehead atoms. The highest BCUT2D eigenvalue weighted by Crippen LogP contribution is 2.48. The lowest BCUT2D eigenvalue weighted by Crippen LogP contribution is -2.41. The lowest BCUT2D eigenvalue weighted by Gasteiger charge is -2.38. The van der Waals surface area contributed by atoms with Crippen LogP contribution in [0.3, 0.4) is 0 Å². The summed E-state index contributed by atoms with van der Waals surface area (Å²) < 4.78 is 13.4. The van der Waals surface area contributed by atoms with E-state index in [2.05, 4.69) is 115 Å². The molecule has 1 aliphatic carbocycles. The SMILES string of the molecule is CC(C)(C)[Si](C)(C)OC/C=C/CC1=C(O[Si](C)(C)C(C)(C)C)C(c2c[nH]c3ccccc23)CC1. The van der Waals surface area contributed by atoms with E-state index in [-0.39, 0.29) is 10.1 Å². The molecule has 1 atom stereocenters. The van der Waals surface area contributed by atoms with Gasteiger partial charge in [-0.25, -0.2) is 0 Å². The minimum atomic E-state index is -1.95. The quantitative estimate of drug-likeness (QED) is 0.291. The Labute approximate surface area is 210 Å². The van der Waals surface area contributed by atoms with Crippen molar-refractivity contribution < 1.29 is 8.85 Å². The first-order chi connectivity index (χ1) is 15.6. The van der Waals surface area contributed by atoms with Gasteiger partial charge in [-0.1, -0.05) is 71.9 Å². The zero-order chi connectivity index (χ0) is 25.4. The molecule has 1 aromatic carbocycles. The van der Waals surface area contributed by atoms with Crippen LogP contribution in [0.1, 0.15) is 72.3 Å². The number of allylic oxidation sites excluding steroid dienone is 3. The molecular formula is C29H47NO2Si2. The number of rotatable bonds is 8. The molecule has 1 aromatic heterocycles. The van der Waals surface area contributed by atoms with Crippen molar-refractivity contribution in [2.75, 3.05) is 6.61 Å². The van der Waals surface area contributed by atoms with Gasteiger partial charge >= 0.3 is 0 Å². The fraction of sp³-hybridized carbons (Fsp3) is 0.586. The molecule has 3 rings (SSSR count). The third kappa shape index (κ3) is 5.80. The second kappa shape index (κ2) is 9.83. The van der Waals surface area contributed by atoms with E-state index in [4.69, 9.17) is 8.85 Å². The number of nitrogens with one attached hydrogen (secondary N) is 1. The Morgan fingerprint density at radius 2 is 1.59 bits per heavy atom. The smallest absolute Gasteiger partial charge is 0.250 e. The van der Waals surface area contributed by atoms with E-state index >= 15 is 0 Å². The first kappa shape index (κ1) is 27.0. The number of aromatic nitrogens is 1. The molecule has 3 nitrogen and oxygen atoms in total. The first-order valence-electron chi connectivity index (χ1n) is 12.9. The average Bonchev–Trinajstić information content (AvgIpc) is 3.29. The van der Waals surface area contributed by atoms with Gasteiger partial charge in [-0.2, -0.15) is 0 Å². The van der Waals surface area contributed by atoms with Crippen molar-refractivity contribution >= 4 is 27.5 Å². The Balaban J connectivity index is 1.84. The molecule has 1 N–H and O–H groups in total. The van der Waals surface area contributed by atoms with Crippen LogP contribution in [0, 0.1) is 0 Å². The van der Waals surface area contributed by atoms with Crippen molar-refractivity contribution in [2.45, 2.75) is 103 Å². The Morgan fingerprint density at radius 1 is 0.941 bits per heavy atom. The number of H-pyrrole nitrogens is 1. The maximum absolute atomic E-state index is 7.06. The molecule has 1 aliphatic rings. The molecule has 0 fully saturated rings. The Kier molecular flexibility index (Phi) is 7.81. The van der Waals surface area contributed by atoms with Gasteiger partial charge in [-0.05, 0) is 72.7 Å². The molecular weight excluding hydrogens is 450 g/mol. The van der Waals surface area contributed by atoms with Crippen LogP contribution in [0.25, 0.3) is 10.9 Å². The molecule has 5 heteroatoms. The molecule has 34 heavy (non-hydrogen) atoms. The topological polar surface area (TPSA) is 34.2 Å². The minimum Gasteiger partial charge on any atom is -0.546 e. The maximum atomic E-state index is 7.06. The molecule has 0 saturated carbocycles. The van der Waals surface area contributed by atoms with E-state index in [0.29, 0.717) is 12.5 Å². The number of para-hydroxylation sites is 1. The van der Waals surface area contributed by atoms with Crippen LogP contribution in [0.2, 0.25) is 36.3 Å². The fourth-order valence-corrected chi connectivity index (χ4v) is 6.13. The number of benzene rings is 1. The van der Waals surface area contributed by atoms with Crippen molar-refractivity contribution in [3.05, 3.63) is 59.5 Å². The molecule has 0 amide bonds. The van der Waals surface area contributed by atoms with Gasteiger partial charge in [0.15, 0.2) is 8.32 Å². The first-order valence-corrected chi connectivity index (χ1v) is 18.7. The largest absolute Gasteiger partial charge is 0.546 e. The zero-order valence-corrected chi connectivity index (χ0v) is 25.3. The van der Waals surface area contributed by atoms with E-state index < -0.39 is 16.6 Å². The molecule has 188 valence electrons. The molecule has 0 spiro atoms. The highest BCUT2D eigenvalue weighted by atomic mass is 28.4. The third-order valence-corrected chi connectivity index (χ3v) is 17.3. The van der Waals surface area contributed by atoms with Gasteiger partial charge in [0.25, 0.3) is 0 Å². The number of hydrogen-bond acceptors (Lipinski definition) is 2. The number of fused-ring (bicyclic) bond motifs is 1. The molecule has 0 saturated heterocycles. The van der Waals surface area contributed by atoms with Gasteiger partial charge in [-0.3, -0.25) is 0 Å². The summed E-state index contributed by atoms with van der Waals surface area (Å²) in [4.78, 5) is 3.49. The van der Waals surface area contributed by atoms with Gasteiger partial charge in [-0.15, -0.1) is 0 Å². The summed E-state index contributed by atoms with van der Waals surface area (Å²) in [5, 5.41) is 1.74. The van der Waals surface area contributed by atoms with Crippen molar-refractivity contribution in [2.24, 2.45) is 0 Å². The highest BCUT2D eigenvalue weighted by molar-refractivity contribution is 6.74. The van der Waals surface area contributed by atoms with Gasteiger partial charge in [0.05, 0.1) is 12.4 Å². The van der Waals surface area contributed by atoms with Gasteiger partial charge in [0.2, 0.25) is 8.32 Å². The predicted octanol–water partition coefficient (Wildman–Crippen LogP) is 9.29. The summed E-state index contributed by atoms with van der Waals surface area (Å²) in [7, 11) is -3.66. The van der Waals surface area contributed by atoms with Crippen molar-refractivity contribution in [1.82, 2.24) is 4.98 Å². The fourth-order valence-electron chi connectivity index (χ4n) is 4.04. The van der Waals surface area contributed by atoms with Crippen molar-refractivity contribution in [1.29, 1.82) is 0 Å². The van der Waals surface area contributed by atoms with Crippen LogP contribution >= 0.6 is 0 Å². The Bertz CT molecular complexity index is 1050. The Hall–Kier alpha value is -1.57. The van der Waals surface area contributed by atoms with Gasteiger partial charge < -0.3 is 13.8 Å². The number of hydrogen-bond donors (Lipinski definition) is 1. The summed E-state index contributed by atoms with van der Waals surface area (Å²) >= 11 is 0. The Morgan fingerprint density at radius 3 is 2.24 bits per heavy atom. The summed E-state index contributed by atoms with van der Waals surface area (Å²) in [6.45, 7) is 23.9. The van der Waals surface area contributed by atoms with E-state index in [1.54, 1.807) is 0 Å². The zero-order valence-electron chi connectivity index (χ0n) is 23.3. The summed E-state index contributed by atoms with van der Waals surface area (Å²) in [5.74, 6) is 1.57. The molecule has 2 aromatic rings. The average molecular weight is 498 g/mol. The van der Waals surface area contributed by atoms with Crippen molar-refractivity contribution in [3.63, 3.8) is 0 Å². The minimum absolute atomic E-state index is 0.172. The van der Waals surface area contributed by atoms with E-state index in [0.717, 1.165) is 19.3 Å². The highest BCUT2D eigenvalue weighted by Gasteiger charge is 2.42. The normalized spacial score (nSPS) is 18.5. The van der Waals surface area contributed by atoms with E-state index in [1.165, 1.54) is 27.8 Å². The van der Waals surface area contributed by atoms with Crippen LogP contribution in [0.5, 0.6) is 0 Å². The molecule has 1 unspecified atom stereocenters. The van der Waals surface area contributed by atoms with E-state index in [1.807, 2.05) is 0 Å². The number of aromatic amines is 1. The lowest BCUT2D eigenvalue weighted by molar-refractivity contribution is 0.327. The summed E-state index contributed by atoms with van der Waals surface area (Å²) in [5.41, 5.74) is 4.05. The van der Waals surface area contributed by atoms with Crippen LogP contribution in [-0.4, -0.2) is 28.2 Å². The second-order valence-electron chi connectivity index (χ2n) is 13.0. The standard InChI is InChI=1S/C29H47NO2Si2/c1-28(2,3)33(7,8)31-20-14-13-15-22-18-19-24(27(22)32-34(9,10)29(4,5)6)25-21-30-26-17-12-11-16-23(25)26/h11-14,16-17,21,24,30H,15,18-20H2,1-10H3/b14-13+. The van der Waals surface area contributed by atoms with Gasteiger partial charge in [0, 0.05) is 23.0 Å². The predicted molar refractivity (Wildman–Crippen MR) is 152 cm³/mol. The molecule has 0 radical (unpaired) electrons. The lowest BCUT2D eigenvalue weighted by atomic mass is 9.97. The summed E-state index contributed by atoms with van der Waals surface area (Å²) in [6, 6.07) is 8.64. The molecule has 1 heterocycles. The van der Waals surface area contributed by atoms with Crippen LogP contribution in [0.4, 0.5) is 0 Å². The second-order valence-corrected chi connectivity index (χ2v) is 22.5. The van der Waals surface area contributed by atoms with Crippen LogP contribution < -0.4 is 0 Å². The molecule has 0 aliphatic heterocycles. The summed E-state index contributed by atoms with van der Waals surface area (Å²) in [6.07, 6.45) is 9.89.